The molecule has 3 N–H and O–H groups in total. The van der Waals surface area contributed by atoms with E-state index in [1.807, 2.05) is 6.08 Å². The SMILES string of the molecule is CC(C)=CCCC(C)=CCO.O=S(=O)(O)O. The zero-order valence-corrected chi connectivity index (χ0v) is 10.7. The summed E-state index contributed by atoms with van der Waals surface area (Å²) >= 11 is 0. The van der Waals surface area contributed by atoms with Crippen LogP contribution in [0.25, 0.3) is 0 Å². The first-order chi connectivity index (χ1) is 7.16. The largest absolute Gasteiger partial charge is 0.394 e. The normalized spacial score (nSPS) is 11.5. The lowest BCUT2D eigenvalue weighted by Gasteiger charge is -1.96. The molecule has 0 spiro atoms. The Labute approximate surface area is 97.1 Å². The molecule has 0 aliphatic rings. The van der Waals surface area contributed by atoms with E-state index in [2.05, 4.69) is 26.8 Å². The molecule has 0 unspecified atom stereocenters. The molecule has 0 saturated carbocycles. The van der Waals surface area contributed by atoms with Gasteiger partial charge in [0.15, 0.2) is 0 Å². The molecule has 0 radical (unpaired) electrons. The molecule has 16 heavy (non-hydrogen) atoms. The molecular weight excluding hydrogens is 232 g/mol. The molecule has 0 amide bonds. The van der Waals surface area contributed by atoms with E-state index in [9.17, 15) is 0 Å². The van der Waals surface area contributed by atoms with Gasteiger partial charge in [-0.25, -0.2) is 0 Å². The second kappa shape index (κ2) is 9.53. The van der Waals surface area contributed by atoms with Gasteiger partial charge in [-0.05, 0) is 33.6 Å². The molecule has 0 aliphatic carbocycles. The summed E-state index contributed by atoms with van der Waals surface area (Å²) in [4.78, 5) is 0. The van der Waals surface area contributed by atoms with E-state index >= 15 is 0 Å². The van der Waals surface area contributed by atoms with Crippen molar-refractivity contribution < 1.29 is 22.6 Å². The minimum absolute atomic E-state index is 0.167. The first kappa shape index (κ1) is 17.7. The van der Waals surface area contributed by atoms with E-state index < -0.39 is 10.4 Å². The van der Waals surface area contributed by atoms with Gasteiger partial charge in [-0.15, -0.1) is 0 Å². The molecule has 0 aromatic carbocycles. The first-order valence-electron chi connectivity index (χ1n) is 4.76. The van der Waals surface area contributed by atoms with Crippen molar-refractivity contribution in [1.82, 2.24) is 0 Å². The van der Waals surface area contributed by atoms with Gasteiger partial charge in [0.2, 0.25) is 0 Å². The Morgan fingerprint density at radius 1 is 1.12 bits per heavy atom. The third kappa shape index (κ3) is 29.2. The quantitative estimate of drug-likeness (QED) is 0.525. The van der Waals surface area contributed by atoms with E-state index in [0.29, 0.717) is 0 Å². The van der Waals surface area contributed by atoms with Gasteiger partial charge in [0.25, 0.3) is 0 Å². The highest BCUT2D eigenvalue weighted by Gasteiger charge is 1.86. The summed E-state index contributed by atoms with van der Waals surface area (Å²) in [5, 5.41) is 8.55. The van der Waals surface area contributed by atoms with E-state index in [4.69, 9.17) is 22.6 Å². The molecule has 0 rings (SSSR count). The smallest absolute Gasteiger partial charge is 0.392 e. The Bertz CT molecular complexity index is 315. The van der Waals surface area contributed by atoms with Crippen LogP contribution in [0, 0.1) is 0 Å². The Hall–Kier alpha value is -0.690. The summed E-state index contributed by atoms with van der Waals surface area (Å²) in [5.41, 5.74) is 2.63. The highest BCUT2D eigenvalue weighted by molar-refractivity contribution is 7.79. The van der Waals surface area contributed by atoms with Gasteiger partial charge < -0.3 is 5.11 Å². The van der Waals surface area contributed by atoms with Crippen LogP contribution < -0.4 is 0 Å². The molecule has 5 nitrogen and oxygen atoms in total. The van der Waals surface area contributed by atoms with E-state index in [-0.39, 0.29) is 6.61 Å². The lowest BCUT2D eigenvalue weighted by atomic mass is 10.1. The van der Waals surface area contributed by atoms with Crippen LogP contribution in [0.3, 0.4) is 0 Å². The highest BCUT2D eigenvalue weighted by Crippen LogP contribution is 2.05. The van der Waals surface area contributed by atoms with E-state index in [1.54, 1.807) is 0 Å². The number of hydrogen-bond acceptors (Lipinski definition) is 3. The molecule has 96 valence electrons. The predicted octanol–water partition coefficient (Wildman–Crippen LogP) is 2.02. The molecule has 0 aromatic heterocycles. The molecule has 0 fully saturated rings. The summed E-state index contributed by atoms with van der Waals surface area (Å²) < 4.78 is 31.6. The molecule has 0 saturated heterocycles. The average Bonchev–Trinajstić information content (AvgIpc) is 2.00. The fraction of sp³-hybridized carbons (Fsp3) is 0.600. The number of aliphatic hydroxyl groups excluding tert-OH is 1. The van der Waals surface area contributed by atoms with Crippen molar-refractivity contribution >= 4 is 10.4 Å². The van der Waals surface area contributed by atoms with Crippen molar-refractivity contribution in [2.75, 3.05) is 6.61 Å². The summed E-state index contributed by atoms with van der Waals surface area (Å²) in [6, 6.07) is 0. The maximum Gasteiger partial charge on any atom is 0.394 e. The summed E-state index contributed by atoms with van der Waals surface area (Å²) in [6.45, 7) is 6.42. The topological polar surface area (TPSA) is 94.8 Å². The van der Waals surface area contributed by atoms with Crippen molar-refractivity contribution in [3.05, 3.63) is 23.3 Å². The van der Waals surface area contributed by atoms with Crippen molar-refractivity contribution in [3.63, 3.8) is 0 Å². The summed E-state index contributed by atoms with van der Waals surface area (Å²) in [6.07, 6.45) is 6.23. The van der Waals surface area contributed by atoms with Gasteiger partial charge in [-0.2, -0.15) is 8.42 Å². The zero-order chi connectivity index (χ0) is 13.2. The third-order valence-electron chi connectivity index (χ3n) is 1.53. The van der Waals surface area contributed by atoms with Gasteiger partial charge in [0, 0.05) is 0 Å². The summed E-state index contributed by atoms with van der Waals surface area (Å²) in [7, 11) is -4.67. The highest BCUT2D eigenvalue weighted by atomic mass is 32.3. The van der Waals surface area contributed by atoms with Gasteiger partial charge in [-0.3, -0.25) is 9.11 Å². The van der Waals surface area contributed by atoms with Gasteiger partial charge in [0.1, 0.15) is 0 Å². The monoisotopic (exact) mass is 252 g/mol. The van der Waals surface area contributed by atoms with Crippen LogP contribution in [-0.4, -0.2) is 29.2 Å². The van der Waals surface area contributed by atoms with Crippen LogP contribution in [0.15, 0.2) is 23.3 Å². The second-order valence-electron chi connectivity index (χ2n) is 3.50. The molecule has 0 bridgehead atoms. The lowest BCUT2D eigenvalue weighted by Crippen LogP contribution is -1.89. The minimum atomic E-state index is -4.67. The Kier molecular flexibility index (Phi) is 10.5. The first-order valence-corrected chi connectivity index (χ1v) is 6.16. The van der Waals surface area contributed by atoms with E-state index in [0.717, 1.165) is 12.8 Å². The van der Waals surface area contributed by atoms with Crippen LogP contribution >= 0.6 is 0 Å². The van der Waals surface area contributed by atoms with Crippen LogP contribution in [0.5, 0.6) is 0 Å². The van der Waals surface area contributed by atoms with Gasteiger partial charge >= 0.3 is 10.4 Å². The van der Waals surface area contributed by atoms with Crippen molar-refractivity contribution in [3.8, 4) is 0 Å². The molecule has 0 aliphatic heterocycles. The fourth-order valence-electron chi connectivity index (χ4n) is 0.846. The zero-order valence-electron chi connectivity index (χ0n) is 9.84. The average molecular weight is 252 g/mol. The molecule has 0 heterocycles. The Balaban J connectivity index is 0. The van der Waals surface area contributed by atoms with Gasteiger partial charge in [0.05, 0.1) is 6.61 Å². The molecular formula is C10H20O5S. The second-order valence-corrected chi connectivity index (χ2v) is 4.40. The number of allylic oxidation sites excluding steroid dienone is 3. The maximum atomic E-state index is 8.74. The standard InChI is InChI=1S/C10H18O.H2O4S/c1-9(2)5-4-6-10(3)7-8-11;1-5(2,3)4/h5,7,11H,4,6,8H2,1-3H3;(H2,1,2,3,4). The van der Waals surface area contributed by atoms with E-state index in [1.165, 1.54) is 11.1 Å². The van der Waals surface area contributed by atoms with Gasteiger partial charge in [-0.1, -0.05) is 23.3 Å². The number of aliphatic hydroxyl groups is 1. The maximum absolute atomic E-state index is 8.74. The predicted molar refractivity (Wildman–Crippen MR) is 63.7 cm³/mol. The third-order valence-corrected chi connectivity index (χ3v) is 1.53. The van der Waals surface area contributed by atoms with Crippen LogP contribution in [0.2, 0.25) is 0 Å². The van der Waals surface area contributed by atoms with Crippen molar-refractivity contribution in [2.45, 2.75) is 33.6 Å². The number of hydrogen-bond donors (Lipinski definition) is 3. The summed E-state index contributed by atoms with van der Waals surface area (Å²) in [5.74, 6) is 0. The molecule has 0 atom stereocenters. The van der Waals surface area contributed by atoms with Crippen molar-refractivity contribution in [2.24, 2.45) is 0 Å². The number of rotatable bonds is 4. The molecule has 6 heteroatoms. The fourth-order valence-corrected chi connectivity index (χ4v) is 0.846. The van der Waals surface area contributed by atoms with Crippen LogP contribution in [0.1, 0.15) is 33.6 Å². The van der Waals surface area contributed by atoms with Crippen LogP contribution in [0.4, 0.5) is 0 Å². The lowest BCUT2D eigenvalue weighted by molar-refractivity contribution is 0.341. The Morgan fingerprint density at radius 2 is 1.56 bits per heavy atom. The van der Waals surface area contributed by atoms with Crippen LogP contribution in [-0.2, 0) is 10.4 Å². The van der Waals surface area contributed by atoms with Crippen molar-refractivity contribution in [1.29, 1.82) is 0 Å². The Morgan fingerprint density at radius 3 is 1.88 bits per heavy atom. The molecule has 0 aromatic rings. The minimum Gasteiger partial charge on any atom is -0.392 e.